The lowest BCUT2D eigenvalue weighted by Crippen LogP contribution is -2.36. The number of anilines is 1. The average molecular weight is 372 g/mol. The third-order valence-corrected chi connectivity index (χ3v) is 4.55. The zero-order valence-corrected chi connectivity index (χ0v) is 16.4. The number of aryl methyl sites for hydroxylation is 2. The van der Waals surface area contributed by atoms with Gasteiger partial charge in [-0.3, -0.25) is 15.1 Å². The lowest BCUT2D eigenvalue weighted by atomic mass is 10.1. The Morgan fingerprint density at radius 3 is 2.50 bits per heavy atom. The van der Waals surface area contributed by atoms with Crippen molar-refractivity contribution in [3.05, 3.63) is 94.8 Å². The van der Waals surface area contributed by atoms with E-state index in [9.17, 15) is 4.79 Å². The van der Waals surface area contributed by atoms with E-state index in [0.29, 0.717) is 18.1 Å². The molecule has 3 aromatic rings. The molecule has 0 saturated carbocycles. The van der Waals surface area contributed by atoms with E-state index >= 15 is 0 Å². The Morgan fingerprint density at radius 1 is 1.00 bits per heavy atom. The van der Waals surface area contributed by atoms with Gasteiger partial charge in [0.1, 0.15) is 0 Å². The molecule has 3 rings (SSSR count). The number of rotatable bonds is 4. The van der Waals surface area contributed by atoms with Gasteiger partial charge in [0.05, 0.1) is 6.54 Å². The van der Waals surface area contributed by atoms with E-state index in [1.54, 1.807) is 24.5 Å². The Labute approximate surface area is 165 Å². The fourth-order valence-electron chi connectivity index (χ4n) is 2.67. The van der Waals surface area contributed by atoms with Gasteiger partial charge in [0.15, 0.2) is 0 Å². The highest BCUT2D eigenvalue weighted by Gasteiger charge is 2.11. The number of nitrogens with one attached hydrogen (secondary N) is 2. The average Bonchev–Trinajstić information content (AvgIpc) is 2.71. The van der Waals surface area contributed by atoms with Crippen molar-refractivity contribution in [3.63, 3.8) is 0 Å². The maximum absolute atomic E-state index is 12.7. The van der Waals surface area contributed by atoms with Crippen molar-refractivity contribution < 1.29 is 4.79 Å². The van der Waals surface area contributed by atoms with Crippen molar-refractivity contribution in [2.24, 2.45) is 4.99 Å². The third-order valence-electron chi connectivity index (χ3n) is 4.55. The number of benzene rings is 2. The fourth-order valence-corrected chi connectivity index (χ4v) is 2.67. The molecule has 0 aliphatic heterocycles. The van der Waals surface area contributed by atoms with Crippen LogP contribution in [0.5, 0.6) is 0 Å². The zero-order chi connectivity index (χ0) is 19.9. The lowest BCUT2D eigenvalue weighted by molar-refractivity contribution is 0.0977. The quantitative estimate of drug-likeness (QED) is 0.527. The minimum atomic E-state index is -0.206. The molecule has 0 bridgehead atoms. The van der Waals surface area contributed by atoms with E-state index < -0.39 is 0 Å². The van der Waals surface area contributed by atoms with Crippen molar-refractivity contribution in [2.75, 3.05) is 5.32 Å². The summed E-state index contributed by atoms with van der Waals surface area (Å²) in [7, 11) is 0. The maximum atomic E-state index is 12.7. The standard InChI is InChI=1S/C23H24N4O/c1-16-9-11-20(12-10-16)22(28)27-23(25-15-19-7-5-13-24-14-19)26-21-8-4-6-17(2)18(21)3/h4-14H,15H2,1-3H3,(H2,25,26,27,28). The van der Waals surface area contributed by atoms with E-state index in [1.165, 1.54) is 5.56 Å². The van der Waals surface area contributed by atoms with Gasteiger partial charge in [-0.25, -0.2) is 4.99 Å². The molecule has 0 fully saturated rings. The van der Waals surface area contributed by atoms with Crippen LogP contribution in [-0.4, -0.2) is 16.9 Å². The number of carbonyl (C=O) groups is 1. The number of pyridine rings is 1. The fraction of sp³-hybridized carbons (Fsp3) is 0.174. The SMILES string of the molecule is Cc1ccc(C(=O)NC(=NCc2cccnc2)Nc2cccc(C)c2C)cc1. The Morgan fingerprint density at radius 2 is 1.79 bits per heavy atom. The van der Waals surface area contributed by atoms with Gasteiger partial charge in [-0.15, -0.1) is 0 Å². The van der Waals surface area contributed by atoms with Crippen LogP contribution in [0.25, 0.3) is 0 Å². The molecule has 1 heterocycles. The molecule has 142 valence electrons. The number of hydrogen-bond acceptors (Lipinski definition) is 3. The molecule has 0 aliphatic rings. The second kappa shape index (κ2) is 8.95. The Bertz CT molecular complexity index is 979. The van der Waals surface area contributed by atoms with E-state index in [0.717, 1.165) is 22.4 Å². The van der Waals surface area contributed by atoms with Gasteiger partial charge >= 0.3 is 0 Å². The van der Waals surface area contributed by atoms with Crippen molar-refractivity contribution in [1.82, 2.24) is 10.3 Å². The van der Waals surface area contributed by atoms with E-state index in [4.69, 9.17) is 0 Å². The number of aliphatic imine (C=N–C) groups is 1. The summed E-state index contributed by atoms with van der Waals surface area (Å²) in [5.74, 6) is 0.200. The minimum absolute atomic E-state index is 0.206. The summed E-state index contributed by atoms with van der Waals surface area (Å²) in [6.45, 7) is 6.50. The summed E-state index contributed by atoms with van der Waals surface area (Å²) in [6, 6.07) is 17.3. The van der Waals surface area contributed by atoms with Crippen LogP contribution in [0.3, 0.4) is 0 Å². The van der Waals surface area contributed by atoms with Crippen LogP contribution in [0.2, 0.25) is 0 Å². The molecular formula is C23H24N4O. The van der Waals surface area contributed by atoms with Crippen LogP contribution in [0, 0.1) is 20.8 Å². The van der Waals surface area contributed by atoms with Crippen molar-refractivity contribution in [1.29, 1.82) is 0 Å². The van der Waals surface area contributed by atoms with Crippen molar-refractivity contribution >= 4 is 17.6 Å². The Balaban J connectivity index is 1.84. The van der Waals surface area contributed by atoms with Crippen molar-refractivity contribution in [3.8, 4) is 0 Å². The number of guanidine groups is 1. The molecule has 5 nitrogen and oxygen atoms in total. The van der Waals surface area contributed by atoms with E-state index in [1.807, 2.05) is 50.2 Å². The van der Waals surface area contributed by atoms with Gasteiger partial charge in [0, 0.05) is 23.6 Å². The van der Waals surface area contributed by atoms with Crippen LogP contribution in [0.15, 0.2) is 72.0 Å². The number of carbonyl (C=O) groups excluding carboxylic acids is 1. The molecule has 2 aromatic carbocycles. The minimum Gasteiger partial charge on any atom is -0.326 e. The summed E-state index contributed by atoms with van der Waals surface area (Å²) in [5, 5.41) is 6.17. The highest BCUT2D eigenvalue weighted by Crippen LogP contribution is 2.18. The highest BCUT2D eigenvalue weighted by atomic mass is 16.1. The largest absolute Gasteiger partial charge is 0.326 e. The molecule has 0 unspecified atom stereocenters. The summed E-state index contributed by atoms with van der Waals surface area (Å²) < 4.78 is 0. The Kier molecular flexibility index (Phi) is 6.17. The van der Waals surface area contributed by atoms with Crippen molar-refractivity contribution in [2.45, 2.75) is 27.3 Å². The van der Waals surface area contributed by atoms with Gasteiger partial charge < -0.3 is 5.32 Å². The van der Waals surface area contributed by atoms with Gasteiger partial charge in [-0.1, -0.05) is 35.9 Å². The summed E-state index contributed by atoms with van der Waals surface area (Å²) in [6.07, 6.45) is 3.49. The van der Waals surface area contributed by atoms with Crippen LogP contribution in [-0.2, 0) is 6.54 Å². The number of nitrogens with zero attached hydrogens (tertiary/aromatic N) is 2. The number of aromatic nitrogens is 1. The normalized spacial score (nSPS) is 11.2. The van der Waals surface area contributed by atoms with Gasteiger partial charge in [-0.2, -0.15) is 0 Å². The molecule has 28 heavy (non-hydrogen) atoms. The molecule has 1 amide bonds. The first-order valence-electron chi connectivity index (χ1n) is 9.17. The predicted molar refractivity (Wildman–Crippen MR) is 114 cm³/mol. The highest BCUT2D eigenvalue weighted by molar-refractivity contribution is 6.10. The Hall–Kier alpha value is -3.47. The zero-order valence-electron chi connectivity index (χ0n) is 16.4. The molecule has 0 spiro atoms. The molecule has 0 atom stereocenters. The third kappa shape index (κ3) is 5.04. The summed E-state index contributed by atoms with van der Waals surface area (Å²) in [5.41, 5.74) is 5.85. The number of amides is 1. The molecular weight excluding hydrogens is 348 g/mol. The molecule has 0 radical (unpaired) electrons. The van der Waals surface area contributed by atoms with E-state index in [2.05, 4.69) is 33.6 Å². The smallest absolute Gasteiger partial charge is 0.257 e. The summed E-state index contributed by atoms with van der Waals surface area (Å²) in [4.78, 5) is 21.4. The van der Waals surface area contributed by atoms with Gasteiger partial charge in [0.2, 0.25) is 5.96 Å². The first-order valence-corrected chi connectivity index (χ1v) is 9.17. The molecule has 1 aromatic heterocycles. The molecule has 0 aliphatic carbocycles. The maximum Gasteiger partial charge on any atom is 0.257 e. The second-order valence-corrected chi connectivity index (χ2v) is 6.72. The first-order chi connectivity index (χ1) is 13.5. The molecule has 0 saturated heterocycles. The molecule has 5 heteroatoms. The van der Waals surface area contributed by atoms with Gasteiger partial charge in [-0.05, 0) is 61.7 Å². The predicted octanol–water partition coefficient (Wildman–Crippen LogP) is 4.40. The van der Waals surface area contributed by atoms with Gasteiger partial charge in [0.25, 0.3) is 5.91 Å². The number of hydrogen-bond donors (Lipinski definition) is 2. The topological polar surface area (TPSA) is 66.4 Å². The van der Waals surface area contributed by atoms with Crippen LogP contribution < -0.4 is 10.6 Å². The molecule has 2 N–H and O–H groups in total. The van der Waals surface area contributed by atoms with Crippen LogP contribution in [0.4, 0.5) is 5.69 Å². The van der Waals surface area contributed by atoms with Crippen LogP contribution in [0.1, 0.15) is 32.6 Å². The second-order valence-electron chi connectivity index (χ2n) is 6.72. The monoisotopic (exact) mass is 372 g/mol. The summed E-state index contributed by atoms with van der Waals surface area (Å²) >= 11 is 0. The lowest BCUT2D eigenvalue weighted by Gasteiger charge is -2.15. The van der Waals surface area contributed by atoms with Crippen LogP contribution >= 0.6 is 0 Å². The first kappa shape index (κ1) is 19.3. The van der Waals surface area contributed by atoms with E-state index in [-0.39, 0.29) is 5.91 Å².